The number of carbonyl (C=O) groups is 2. The minimum Gasteiger partial charge on any atom is -0.484 e. The summed E-state index contributed by atoms with van der Waals surface area (Å²) in [5.74, 6) is -0.0237. The molecule has 23 heavy (non-hydrogen) atoms. The molecule has 6 heteroatoms. The fraction of sp³-hybridized carbons (Fsp3) is 0.529. The van der Waals surface area contributed by atoms with Gasteiger partial charge in [0, 0.05) is 6.54 Å². The summed E-state index contributed by atoms with van der Waals surface area (Å²) in [6, 6.07) is 8.69. The van der Waals surface area contributed by atoms with Crippen molar-refractivity contribution in [2.75, 3.05) is 26.4 Å². The lowest BCUT2D eigenvalue weighted by Crippen LogP contribution is -2.45. The fourth-order valence-corrected chi connectivity index (χ4v) is 2.15. The highest BCUT2D eigenvalue weighted by molar-refractivity contribution is 5.79. The first-order valence-electron chi connectivity index (χ1n) is 7.86. The Hall–Kier alpha value is -2.08. The van der Waals surface area contributed by atoms with Crippen molar-refractivity contribution in [2.45, 2.75) is 32.7 Å². The van der Waals surface area contributed by atoms with E-state index in [4.69, 9.17) is 9.47 Å². The first-order chi connectivity index (χ1) is 11.1. The van der Waals surface area contributed by atoms with E-state index in [2.05, 4.69) is 0 Å². The van der Waals surface area contributed by atoms with Gasteiger partial charge in [0.05, 0.1) is 25.7 Å². The number of hydrogen-bond donors (Lipinski definition) is 1. The topological polar surface area (TPSA) is 76.1 Å². The van der Waals surface area contributed by atoms with Gasteiger partial charge in [0.15, 0.2) is 6.61 Å². The normalized spacial score (nSPS) is 11.6. The number of nitrogens with zero attached hydrogens (tertiary/aromatic N) is 1. The summed E-state index contributed by atoms with van der Waals surface area (Å²) in [6.07, 6.45) is 0.692. The van der Waals surface area contributed by atoms with Crippen LogP contribution in [0, 0.1) is 0 Å². The summed E-state index contributed by atoms with van der Waals surface area (Å²) in [5.41, 5.74) is 0. The molecule has 0 aliphatic carbocycles. The lowest BCUT2D eigenvalue weighted by atomic mass is 10.2. The molecule has 1 amide bonds. The van der Waals surface area contributed by atoms with E-state index in [-0.39, 0.29) is 44.1 Å². The van der Waals surface area contributed by atoms with Crippen LogP contribution in [0.1, 0.15) is 26.7 Å². The molecule has 0 bridgehead atoms. The summed E-state index contributed by atoms with van der Waals surface area (Å²) in [7, 11) is 0. The molecule has 1 N–H and O–H groups in total. The Morgan fingerprint density at radius 3 is 2.48 bits per heavy atom. The number of hydrogen-bond acceptors (Lipinski definition) is 5. The zero-order chi connectivity index (χ0) is 17.1. The number of benzene rings is 1. The molecule has 0 aliphatic rings. The van der Waals surface area contributed by atoms with Crippen molar-refractivity contribution in [2.24, 2.45) is 0 Å². The second kappa shape index (κ2) is 10.6. The van der Waals surface area contributed by atoms with E-state index in [1.807, 2.05) is 25.1 Å². The van der Waals surface area contributed by atoms with Gasteiger partial charge >= 0.3 is 5.97 Å². The van der Waals surface area contributed by atoms with E-state index in [0.29, 0.717) is 18.8 Å². The molecule has 6 nitrogen and oxygen atoms in total. The van der Waals surface area contributed by atoms with Crippen molar-refractivity contribution < 1.29 is 24.2 Å². The molecular formula is C17H25NO5. The Morgan fingerprint density at radius 2 is 1.91 bits per heavy atom. The number of esters is 1. The maximum absolute atomic E-state index is 12.4. The molecule has 1 aromatic carbocycles. The van der Waals surface area contributed by atoms with Crippen LogP contribution in [0.15, 0.2) is 30.3 Å². The SMILES string of the molecule is CCOC(=O)CCN(C(=O)COc1ccccc1)C(CC)CO. The number of aliphatic hydroxyl groups is 1. The molecule has 0 saturated heterocycles. The highest BCUT2D eigenvalue weighted by Crippen LogP contribution is 2.11. The standard InChI is InChI=1S/C17H25NO5/c1-3-14(12-19)18(11-10-17(21)22-4-2)16(20)13-23-15-8-6-5-7-9-15/h5-9,14,19H,3-4,10-13H2,1-2H3. The summed E-state index contributed by atoms with van der Waals surface area (Å²) in [5, 5.41) is 9.45. The van der Waals surface area contributed by atoms with Crippen LogP contribution in [-0.2, 0) is 14.3 Å². The molecular weight excluding hydrogens is 298 g/mol. The lowest BCUT2D eigenvalue weighted by molar-refractivity contribution is -0.145. The molecule has 128 valence electrons. The molecule has 0 aromatic heterocycles. The van der Waals surface area contributed by atoms with Crippen LogP contribution in [0.2, 0.25) is 0 Å². The van der Waals surface area contributed by atoms with Crippen LogP contribution in [-0.4, -0.2) is 54.3 Å². The number of para-hydroxylation sites is 1. The molecule has 0 fully saturated rings. The smallest absolute Gasteiger partial charge is 0.307 e. The largest absolute Gasteiger partial charge is 0.484 e. The Balaban J connectivity index is 2.62. The predicted molar refractivity (Wildman–Crippen MR) is 86.1 cm³/mol. The Bertz CT molecular complexity index is 473. The monoisotopic (exact) mass is 323 g/mol. The molecule has 1 aromatic rings. The van der Waals surface area contributed by atoms with Crippen LogP contribution in [0.4, 0.5) is 0 Å². The van der Waals surface area contributed by atoms with Gasteiger partial charge in [-0.05, 0) is 25.5 Å². The maximum Gasteiger partial charge on any atom is 0.307 e. The summed E-state index contributed by atoms with van der Waals surface area (Å²) in [6.45, 7) is 3.83. The fourth-order valence-electron chi connectivity index (χ4n) is 2.15. The van der Waals surface area contributed by atoms with E-state index in [1.165, 1.54) is 4.90 Å². The first kappa shape index (κ1) is 19.0. The molecule has 1 rings (SSSR count). The van der Waals surface area contributed by atoms with E-state index in [1.54, 1.807) is 19.1 Å². The van der Waals surface area contributed by atoms with Crippen molar-refractivity contribution in [3.8, 4) is 5.75 Å². The highest BCUT2D eigenvalue weighted by Gasteiger charge is 2.23. The van der Waals surface area contributed by atoms with Gasteiger partial charge in [-0.1, -0.05) is 25.1 Å². The second-order valence-electron chi connectivity index (χ2n) is 4.99. The van der Waals surface area contributed by atoms with Crippen LogP contribution < -0.4 is 4.74 Å². The average molecular weight is 323 g/mol. The minimum absolute atomic E-state index is 0.0986. The van der Waals surface area contributed by atoms with Crippen molar-refractivity contribution >= 4 is 11.9 Å². The zero-order valence-corrected chi connectivity index (χ0v) is 13.7. The van der Waals surface area contributed by atoms with Gasteiger partial charge in [0.1, 0.15) is 5.75 Å². The van der Waals surface area contributed by atoms with Gasteiger partial charge in [-0.2, -0.15) is 0 Å². The van der Waals surface area contributed by atoms with Gasteiger partial charge in [0.25, 0.3) is 5.91 Å². The number of ether oxygens (including phenoxy) is 2. The number of amides is 1. The molecule has 0 saturated carbocycles. The van der Waals surface area contributed by atoms with E-state index < -0.39 is 0 Å². The lowest BCUT2D eigenvalue weighted by Gasteiger charge is -2.29. The zero-order valence-electron chi connectivity index (χ0n) is 13.7. The first-order valence-corrected chi connectivity index (χ1v) is 7.86. The number of aliphatic hydroxyl groups excluding tert-OH is 1. The third kappa shape index (κ3) is 6.69. The van der Waals surface area contributed by atoms with Crippen LogP contribution in [0.3, 0.4) is 0 Å². The van der Waals surface area contributed by atoms with E-state index >= 15 is 0 Å². The molecule has 0 radical (unpaired) electrons. The average Bonchev–Trinajstić information content (AvgIpc) is 2.57. The second-order valence-corrected chi connectivity index (χ2v) is 4.99. The predicted octanol–water partition coefficient (Wildman–Crippen LogP) is 1.62. The highest BCUT2D eigenvalue weighted by atomic mass is 16.5. The van der Waals surface area contributed by atoms with Gasteiger partial charge in [0.2, 0.25) is 0 Å². The van der Waals surface area contributed by atoms with Gasteiger partial charge in [-0.15, -0.1) is 0 Å². The van der Waals surface area contributed by atoms with Crippen LogP contribution in [0.25, 0.3) is 0 Å². The Morgan fingerprint density at radius 1 is 1.22 bits per heavy atom. The van der Waals surface area contributed by atoms with Gasteiger partial charge in [-0.25, -0.2) is 0 Å². The molecule has 0 spiro atoms. The van der Waals surface area contributed by atoms with E-state index in [9.17, 15) is 14.7 Å². The molecule has 1 unspecified atom stereocenters. The van der Waals surface area contributed by atoms with Crippen LogP contribution >= 0.6 is 0 Å². The third-order valence-electron chi connectivity index (χ3n) is 3.41. The summed E-state index contributed by atoms with van der Waals surface area (Å²) >= 11 is 0. The molecule has 0 heterocycles. The van der Waals surface area contributed by atoms with Crippen molar-refractivity contribution in [3.63, 3.8) is 0 Å². The molecule has 1 atom stereocenters. The third-order valence-corrected chi connectivity index (χ3v) is 3.41. The van der Waals surface area contributed by atoms with Crippen molar-refractivity contribution in [3.05, 3.63) is 30.3 Å². The number of rotatable bonds is 10. The quantitative estimate of drug-likeness (QED) is 0.662. The van der Waals surface area contributed by atoms with Crippen LogP contribution in [0.5, 0.6) is 5.75 Å². The molecule has 0 aliphatic heterocycles. The Labute approximate surface area is 137 Å². The number of carbonyl (C=O) groups excluding carboxylic acids is 2. The Kier molecular flexibility index (Phi) is 8.75. The maximum atomic E-state index is 12.4. The summed E-state index contributed by atoms with van der Waals surface area (Å²) in [4.78, 5) is 25.4. The van der Waals surface area contributed by atoms with Gasteiger partial charge < -0.3 is 19.5 Å². The minimum atomic E-state index is -0.359. The van der Waals surface area contributed by atoms with Gasteiger partial charge in [-0.3, -0.25) is 9.59 Å². The van der Waals surface area contributed by atoms with E-state index in [0.717, 1.165) is 0 Å². The van der Waals surface area contributed by atoms with Crippen molar-refractivity contribution in [1.29, 1.82) is 0 Å². The van der Waals surface area contributed by atoms with Crippen molar-refractivity contribution in [1.82, 2.24) is 4.90 Å². The summed E-state index contributed by atoms with van der Waals surface area (Å²) < 4.78 is 10.3.